The van der Waals surface area contributed by atoms with Crippen molar-refractivity contribution in [3.8, 4) is 0 Å². The van der Waals surface area contributed by atoms with Gasteiger partial charge in [0.1, 0.15) is 6.10 Å². The smallest absolute Gasteiger partial charge is 0.255 e. The molecule has 2 aliphatic rings. The third-order valence-corrected chi connectivity index (χ3v) is 7.66. The second-order valence-electron chi connectivity index (χ2n) is 6.43. The number of ether oxygens (including phenoxy) is 1. The summed E-state index contributed by atoms with van der Waals surface area (Å²) in [5.41, 5.74) is 0.834. The molecule has 0 saturated carbocycles. The van der Waals surface area contributed by atoms with E-state index in [1.165, 1.54) is 27.8 Å². The van der Waals surface area contributed by atoms with Crippen LogP contribution in [0.3, 0.4) is 0 Å². The van der Waals surface area contributed by atoms with E-state index in [0.29, 0.717) is 36.1 Å². The van der Waals surface area contributed by atoms with Gasteiger partial charge in [-0.15, -0.1) is 11.3 Å². The minimum absolute atomic E-state index is 0.176. The maximum absolute atomic E-state index is 12.9. The summed E-state index contributed by atoms with van der Waals surface area (Å²) in [5.74, 6) is -0.193. The molecule has 1 N–H and O–H groups in total. The summed E-state index contributed by atoms with van der Waals surface area (Å²) in [6, 6.07) is 6.25. The van der Waals surface area contributed by atoms with Gasteiger partial charge >= 0.3 is 0 Å². The Labute approximate surface area is 166 Å². The molecule has 1 amide bonds. The summed E-state index contributed by atoms with van der Waals surface area (Å²) in [6.45, 7) is 1.17. The number of halogens is 1. The van der Waals surface area contributed by atoms with Gasteiger partial charge in [-0.2, -0.15) is 4.31 Å². The molecule has 3 heterocycles. The summed E-state index contributed by atoms with van der Waals surface area (Å²) in [7, 11) is -3.63. The Morgan fingerprint density at radius 3 is 3.00 bits per heavy atom. The monoisotopic (exact) mass is 427 g/mol. The molecule has 4 rings (SSSR count). The second-order valence-corrected chi connectivity index (χ2v) is 9.88. The van der Waals surface area contributed by atoms with Crippen molar-refractivity contribution in [2.45, 2.75) is 36.8 Å². The topological polar surface area (TPSA) is 88.6 Å². The number of rotatable bonds is 4. The molecule has 27 heavy (non-hydrogen) atoms. The zero-order valence-electron chi connectivity index (χ0n) is 14.4. The molecule has 1 atom stereocenters. The Kier molecular flexibility index (Phi) is 5.21. The number of nitrogens with one attached hydrogen (secondary N) is 1. The Morgan fingerprint density at radius 2 is 2.26 bits per heavy atom. The zero-order valence-corrected chi connectivity index (χ0v) is 16.7. The Morgan fingerprint density at radius 1 is 1.41 bits per heavy atom. The summed E-state index contributed by atoms with van der Waals surface area (Å²) in [4.78, 5) is 17.7. The molecule has 0 bridgehead atoms. The van der Waals surface area contributed by atoms with Crippen molar-refractivity contribution in [3.05, 3.63) is 39.9 Å². The lowest BCUT2D eigenvalue weighted by Crippen LogP contribution is -2.35. The van der Waals surface area contributed by atoms with Crippen LogP contribution in [0.4, 0.5) is 5.13 Å². The van der Waals surface area contributed by atoms with Crippen molar-refractivity contribution in [3.63, 3.8) is 0 Å². The van der Waals surface area contributed by atoms with Crippen LogP contribution in [0.1, 0.15) is 23.4 Å². The van der Waals surface area contributed by atoms with Crippen LogP contribution in [-0.4, -0.2) is 42.9 Å². The first-order valence-corrected chi connectivity index (χ1v) is 11.2. The summed E-state index contributed by atoms with van der Waals surface area (Å²) in [6.07, 6.45) is 1.66. The fourth-order valence-corrected chi connectivity index (χ4v) is 6.00. The fourth-order valence-electron chi connectivity index (χ4n) is 3.18. The molecule has 144 valence electrons. The third-order valence-electron chi connectivity index (χ3n) is 4.58. The van der Waals surface area contributed by atoms with Crippen molar-refractivity contribution < 1.29 is 17.9 Å². The molecule has 0 aliphatic carbocycles. The maximum Gasteiger partial charge on any atom is 0.255 e. The Bertz CT molecular complexity index is 970. The molecule has 10 heteroatoms. The van der Waals surface area contributed by atoms with E-state index < -0.39 is 16.1 Å². The number of carbonyl (C=O) groups is 1. The molecule has 0 spiro atoms. The average molecular weight is 428 g/mol. The van der Waals surface area contributed by atoms with E-state index in [9.17, 15) is 13.2 Å². The number of aromatic nitrogens is 1. The standard InChI is InChI=1S/C17H18ClN3O4S2/c18-11-3-1-4-12(9-11)27(23,24)21-7-6-13-15(10-21)26-17(19-13)20-16(22)14-5-2-8-25-14/h1,3-4,9,14H,2,5-8,10H2,(H,19,20,22). The lowest BCUT2D eigenvalue weighted by atomic mass is 10.2. The van der Waals surface area contributed by atoms with Crippen LogP contribution in [0.15, 0.2) is 29.2 Å². The highest BCUT2D eigenvalue weighted by Gasteiger charge is 2.31. The highest BCUT2D eigenvalue weighted by Crippen LogP contribution is 2.32. The quantitative estimate of drug-likeness (QED) is 0.810. The minimum Gasteiger partial charge on any atom is -0.368 e. The second kappa shape index (κ2) is 7.48. The van der Waals surface area contributed by atoms with Crippen molar-refractivity contribution in [2.24, 2.45) is 0 Å². The molecular formula is C17H18ClN3O4S2. The van der Waals surface area contributed by atoms with Gasteiger partial charge in [-0.05, 0) is 31.0 Å². The highest BCUT2D eigenvalue weighted by molar-refractivity contribution is 7.89. The number of benzene rings is 1. The van der Waals surface area contributed by atoms with Gasteiger partial charge in [-0.3, -0.25) is 10.1 Å². The molecule has 1 saturated heterocycles. The first kappa shape index (κ1) is 18.8. The van der Waals surface area contributed by atoms with Crippen LogP contribution in [-0.2, 0) is 32.5 Å². The molecule has 1 aromatic carbocycles. The molecule has 2 aromatic rings. The normalized spacial score (nSPS) is 20.4. The van der Waals surface area contributed by atoms with Crippen molar-refractivity contribution in [2.75, 3.05) is 18.5 Å². The number of hydrogen-bond acceptors (Lipinski definition) is 6. The van der Waals surface area contributed by atoms with Gasteiger partial charge in [0.25, 0.3) is 5.91 Å². The summed E-state index contributed by atoms with van der Waals surface area (Å²) >= 11 is 7.25. The summed E-state index contributed by atoms with van der Waals surface area (Å²) < 4.78 is 32.5. The molecule has 1 aromatic heterocycles. The van der Waals surface area contributed by atoms with Gasteiger partial charge in [0, 0.05) is 29.5 Å². The van der Waals surface area contributed by atoms with Crippen molar-refractivity contribution >= 4 is 44.0 Å². The number of hydrogen-bond donors (Lipinski definition) is 1. The summed E-state index contributed by atoms with van der Waals surface area (Å²) in [5, 5.41) is 3.66. The zero-order chi connectivity index (χ0) is 19.0. The van der Waals surface area contributed by atoms with Crippen LogP contribution in [0.25, 0.3) is 0 Å². The van der Waals surface area contributed by atoms with Crippen LogP contribution >= 0.6 is 22.9 Å². The van der Waals surface area contributed by atoms with Crippen LogP contribution < -0.4 is 5.32 Å². The van der Waals surface area contributed by atoms with Gasteiger partial charge in [-0.25, -0.2) is 13.4 Å². The molecular weight excluding hydrogens is 410 g/mol. The van der Waals surface area contributed by atoms with Gasteiger partial charge in [0.05, 0.1) is 17.1 Å². The van der Waals surface area contributed by atoms with Crippen molar-refractivity contribution in [1.29, 1.82) is 0 Å². The van der Waals surface area contributed by atoms with E-state index in [1.54, 1.807) is 12.1 Å². The number of sulfonamides is 1. The molecule has 1 fully saturated rings. The molecule has 0 radical (unpaired) electrons. The lowest BCUT2D eigenvalue weighted by molar-refractivity contribution is -0.124. The average Bonchev–Trinajstić information content (AvgIpc) is 3.30. The van der Waals surface area contributed by atoms with E-state index >= 15 is 0 Å². The number of carbonyl (C=O) groups excluding carboxylic acids is 1. The molecule has 1 unspecified atom stereocenters. The number of amides is 1. The number of nitrogens with zero attached hydrogens (tertiary/aromatic N) is 2. The van der Waals surface area contributed by atoms with E-state index in [2.05, 4.69) is 10.3 Å². The van der Waals surface area contributed by atoms with Gasteiger partial charge in [-0.1, -0.05) is 17.7 Å². The number of fused-ring (bicyclic) bond motifs is 1. The van der Waals surface area contributed by atoms with Gasteiger partial charge in [0.2, 0.25) is 10.0 Å². The van der Waals surface area contributed by atoms with Crippen molar-refractivity contribution in [1.82, 2.24) is 9.29 Å². The van der Waals surface area contributed by atoms with E-state index in [-0.39, 0.29) is 17.3 Å². The fraction of sp³-hybridized carbons (Fsp3) is 0.412. The van der Waals surface area contributed by atoms with Gasteiger partial charge < -0.3 is 4.74 Å². The minimum atomic E-state index is -3.63. The molecule has 7 nitrogen and oxygen atoms in total. The maximum atomic E-state index is 12.9. The Balaban J connectivity index is 1.50. The predicted octanol–water partition coefficient (Wildman–Crippen LogP) is 2.66. The largest absolute Gasteiger partial charge is 0.368 e. The Hall–Kier alpha value is -1.52. The number of anilines is 1. The molecule has 2 aliphatic heterocycles. The lowest BCUT2D eigenvalue weighted by Gasteiger charge is -2.25. The third kappa shape index (κ3) is 3.88. The van der Waals surface area contributed by atoms with E-state index in [0.717, 1.165) is 17.0 Å². The van der Waals surface area contributed by atoms with Crippen LogP contribution in [0.5, 0.6) is 0 Å². The predicted molar refractivity (Wildman–Crippen MR) is 102 cm³/mol. The highest BCUT2D eigenvalue weighted by atomic mass is 35.5. The van der Waals surface area contributed by atoms with Crippen LogP contribution in [0, 0.1) is 0 Å². The SMILES string of the molecule is O=C(Nc1nc2c(s1)CN(S(=O)(=O)c1cccc(Cl)c1)CC2)C1CCCO1. The van der Waals surface area contributed by atoms with E-state index in [4.69, 9.17) is 16.3 Å². The first-order chi connectivity index (χ1) is 12.9. The van der Waals surface area contributed by atoms with Gasteiger partial charge in [0.15, 0.2) is 5.13 Å². The van der Waals surface area contributed by atoms with Crippen LogP contribution in [0.2, 0.25) is 5.02 Å². The first-order valence-electron chi connectivity index (χ1n) is 8.60. The number of thiazole rings is 1. The van der Waals surface area contributed by atoms with E-state index in [1.807, 2.05) is 0 Å².